The van der Waals surface area contributed by atoms with Crippen LogP contribution in [0.15, 0.2) is 22.7 Å². The molecule has 0 aliphatic carbocycles. The molecule has 0 saturated carbocycles. The molecule has 0 radical (unpaired) electrons. The Bertz CT molecular complexity index is 462. The summed E-state index contributed by atoms with van der Waals surface area (Å²) in [6.45, 7) is 10.3. The summed E-state index contributed by atoms with van der Waals surface area (Å²) in [5.74, 6) is 1.05. The highest BCUT2D eigenvalue weighted by atomic mass is 79.9. The minimum atomic E-state index is -0.218. The van der Waals surface area contributed by atoms with Gasteiger partial charge in [-0.2, -0.15) is 0 Å². The minimum absolute atomic E-state index is 0.218. The fourth-order valence-corrected chi connectivity index (χ4v) is 3.23. The molecule has 2 unspecified atom stereocenters. The van der Waals surface area contributed by atoms with E-state index < -0.39 is 0 Å². The van der Waals surface area contributed by atoms with Crippen LogP contribution in [0.5, 0.6) is 0 Å². The average molecular weight is 355 g/mol. The number of nitrogens with one attached hydrogen (secondary N) is 1. The third kappa shape index (κ3) is 4.70. The Hall–Kier alpha value is -0.580. The summed E-state index contributed by atoms with van der Waals surface area (Å²) in [7, 11) is 0. The molecule has 0 spiro atoms. The van der Waals surface area contributed by atoms with Gasteiger partial charge in [0.15, 0.2) is 0 Å². The standard InChI is InChI=1S/C17H27BrN2O/c1-12(2)9-19-10-14-4-5-16(18)8-17(14)20-7-6-15(11-20)13(3)21/h4-5,8,12-13,15,19,21H,6-7,9-11H2,1-3H3. The molecule has 1 aliphatic heterocycles. The van der Waals surface area contributed by atoms with E-state index in [1.54, 1.807) is 0 Å². The van der Waals surface area contributed by atoms with Gasteiger partial charge in [0.2, 0.25) is 0 Å². The van der Waals surface area contributed by atoms with Crippen molar-refractivity contribution in [3.05, 3.63) is 28.2 Å². The second-order valence-electron chi connectivity index (χ2n) is 6.53. The van der Waals surface area contributed by atoms with Crippen LogP contribution in [0, 0.1) is 11.8 Å². The molecular weight excluding hydrogens is 328 g/mol. The predicted molar refractivity (Wildman–Crippen MR) is 92.7 cm³/mol. The molecule has 2 N–H and O–H groups in total. The Kier molecular flexibility index (Phi) is 6.08. The van der Waals surface area contributed by atoms with Gasteiger partial charge < -0.3 is 15.3 Å². The fourth-order valence-electron chi connectivity index (χ4n) is 2.88. The van der Waals surface area contributed by atoms with Gasteiger partial charge in [-0.15, -0.1) is 0 Å². The van der Waals surface area contributed by atoms with Crippen molar-refractivity contribution in [1.29, 1.82) is 0 Å². The van der Waals surface area contributed by atoms with Gasteiger partial charge in [-0.3, -0.25) is 0 Å². The van der Waals surface area contributed by atoms with E-state index in [-0.39, 0.29) is 6.10 Å². The maximum Gasteiger partial charge on any atom is 0.0557 e. The van der Waals surface area contributed by atoms with Gasteiger partial charge in [0.25, 0.3) is 0 Å². The molecule has 1 aromatic rings. The third-order valence-corrected chi connectivity index (χ3v) is 4.66. The summed E-state index contributed by atoms with van der Waals surface area (Å²) in [5, 5.41) is 13.3. The van der Waals surface area contributed by atoms with E-state index >= 15 is 0 Å². The second kappa shape index (κ2) is 7.61. The molecule has 1 saturated heterocycles. The fraction of sp³-hybridized carbons (Fsp3) is 0.647. The van der Waals surface area contributed by atoms with Gasteiger partial charge >= 0.3 is 0 Å². The van der Waals surface area contributed by atoms with Crippen molar-refractivity contribution in [1.82, 2.24) is 5.32 Å². The molecule has 2 rings (SSSR count). The Balaban J connectivity index is 2.08. The van der Waals surface area contributed by atoms with E-state index in [0.717, 1.165) is 37.1 Å². The molecule has 1 aromatic carbocycles. The zero-order chi connectivity index (χ0) is 15.4. The predicted octanol–water partition coefficient (Wildman–Crippen LogP) is 3.40. The molecule has 1 aliphatic rings. The number of hydrogen-bond acceptors (Lipinski definition) is 3. The zero-order valence-corrected chi connectivity index (χ0v) is 14.9. The number of halogens is 1. The molecule has 3 nitrogen and oxygen atoms in total. The highest BCUT2D eigenvalue weighted by molar-refractivity contribution is 9.10. The molecule has 2 atom stereocenters. The van der Waals surface area contributed by atoms with Crippen LogP contribution in [0.2, 0.25) is 0 Å². The number of aliphatic hydroxyl groups excluding tert-OH is 1. The first-order valence-electron chi connectivity index (χ1n) is 7.89. The smallest absolute Gasteiger partial charge is 0.0557 e. The van der Waals surface area contributed by atoms with Crippen LogP contribution in [0.25, 0.3) is 0 Å². The minimum Gasteiger partial charge on any atom is -0.393 e. The Morgan fingerprint density at radius 1 is 1.38 bits per heavy atom. The largest absolute Gasteiger partial charge is 0.393 e. The van der Waals surface area contributed by atoms with Gasteiger partial charge in [-0.1, -0.05) is 35.8 Å². The molecule has 21 heavy (non-hydrogen) atoms. The molecule has 4 heteroatoms. The molecular formula is C17H27BrN2O. The molecule has 0 bridgehead atoms. The number of hydrogen-bond donors (Lipinski definition) is 2. The SMILES string of the molecule is CC(C)CNCc1ccc(Br)cc1N1CCC(C(C)O)C1. The lowest BCUT2D eigenvalue weighted by molar-refractivity contribution is 0.136. The van der Waals surface area contributed by atoms with Crippen LogP contribution in [0.3, 0.4) is 0 Å². The Labute approximate surface area is 136 Å². The summed E-state index contributed by atoms with van der Waals surface area (Å²) >= 11 is 3.58. The first kappa shape index (κ1) is 16.8. The van der Waals surface area contributed by atoms with Crippen molar-refractivity contribution in [2.45, 2.75) is 39.8 Å². The van der Waals surface area contributed by atoms with Gasteiger partial charge in [0.05, 0.1) is 6.10 Å². The topological polar surface area (TPSA) is 35.5 Å². The highest BCUT2D eigenvalue weighted by Gasteiger charge is 2.27. The van der Waals surface area contributed by atoms with Crippen LogP contribution in [-0.4, -0.2) is 30.8 Å². The van der Waals surface area contributed by atoms with E-state index in [1.165, 1.54) is 11.3 Å². The van der Waals surface area contributed by atoms with Crippen molar-refractivity contribution in [3.63, 3.8) is 0 Å². The lowest BCUT2D eigenvalue weighted by Gasteiger charge is -2.23. The summed E-state index contributed by atoms with van der Waals surface area (Å²) in [6, 6.07) is 6.51. The number of nitrogens with zero attached hydrogens (tertiary/aromatic N) is 1. The first-order valence-corrected chi connectivity index (χ1v) is 8.69. The number of benzene rings is 1. The molecule has 1 fully saturated rings. The van der Waals surface area contributed by atoms with Crippen LogP contribution >= 0.6 is 15.9 Å². The van der Waals surface area contributed by atoms with Crippen LogP contribution in [-0.2, 0) is 6.54 Å². The maximum atomic E-state index is 9.79. The van der Waals surface area contributed by atoms with Crippen LogP contribution < -0.4 is 10.2 Å². The zero-order valence-electron chi connectivity index (χ0n) is 13.3. The summed E-state index contributed by atoms with van der Waals surface area (Å²) in [6.07, 6.45) is 0.855. The van der Waals surface area contributed by atoms with Gasteiger partial charge in [0.1, 0.15) is 0 Å². The normalized spacial score (nSPS) is 20.3. The van der Waals surface area contributed by atoms with Gasteiger partial charge in [-0.05, 0) is 43.5 Å². The van der Waals surface area contributed by atoms with Crippen LogP contribution in [0.4, 0.5) is 5.69 Å². The van der Waals surface area contributed by atoms with E-state index in [0.29, 0.717) is 11.8 Å². The molecule has 1 heterocycles. The molecule has 0 aromatic heterocycles. The van der Waals surface area contributed by atoms with E-state index in [4.69, 9.17) is 0 Å². The van der Waals surface area contributed by atoms with Gasteiger partial charge in [0, 0.05) is 35.7 Å². The average Bonchev–Trinajstić information content (AvgIpc) is 2.89. The lowest BCUT2D eigenvalue weighted by atomic mass is 10.0. The third-order valence-electron chi connectivity index (χ3n) is 4.16. The monoisotopic (exact) mass is 354 g/mol. The van der Waals surface area contributed by atoms with Crippen LogP contribution in [0.1, 0.15) is 32.8 Å². The van der Waals surface area contributed by atoms with Crippen molar-refractivity contribution < 1.29 is 5.11 Å². The Morgan fingerprint density at radius 2 is 2.14 bits per heavy atom. The molecule has 0 amide bonds. The van der Waals surface area contributed by atoms with Gasteiger partial charge in [-0.25, -0.2) is 0 Å². The van der Waals surface area contributed by atoms with E-state index in [9.17, 15) is 5.11 Å². The van der Waals surface area contributed by atoms with Crippen molar-refractivity contribution >= 4 is 21.6 Å². The maximum absolute atomic E-state index is 9.79. The lowest BCUT2D eigenvalue weighted by Crippen LogP contribution is -2.26. The van der Waals surface area contributed by atoms with E-state index in [2.05, 4.69) is 58.2 Å². The van der Waals surface area contributed by atoms with Crippen molar-refractivity contribution in [3.8, 4) is 0 Å². The highest BCUT2D eigenvalue weighted by Crippen LogP contribution is 2.31. The summed E-state index contributed by atoms with van der Waals surface area (Å²) in [5.41, 5.74) is 2.63. The summed E-state index contributed by atoms with van der Waals surface area (Å²) in [4.78, 5) is 2.41. The number of aliphatic hydroxyl groups is 1. The van der Waals surface area contributed by atoms with Crippen molar-refractivity contribution in [2.75, 3.05) is 24.5 Å². The number of anilines is 1. The van der Waals surface area contributed by atoms with E-state index in [1.807, 2.05) is 6.92 Å². The van der Waals surface area contributed by atoms with Crippen molar-refractivity contribution in [2.24, 2.45) is 11.8 Å². The second-order valence-corrected chi connectivity index (χ2v) is 7.45. The molecule has 118 valence electrons. The number of rotatable bonds is 6. The summed E-state index contributed by atoms with van der Waals surface area (Å²) < 4.78 is 1.12. The quantitative estimate of drug-likeness (QED) is 0.821. The Morgan fingerprint density at radius 3 is 2.76 bits per heavy atom. The first-order chi connectivity index (χ1) is 9.97.